The van der Waals surface area contributed by atoms with Crippen LogP contribution in [0.2, 0.25) is 0 Å². The standard InChI is InChI=1S/C16H23N5O2S/c1-3-10-21-14(6-7-19-21)16-15(17-8-9-18-16)13-5-4-11-20(12-13)24(2,22)23/h6-9,13H,3-5,10-12H2,1-2H3. The molecule has 2 aromatic heterocycles. The van der Waals surface area contributed by atoms with Crippen molar-refractivity contribution in [3.63, 3.8) is 0 Å². The van der Waals surface area contributed by atoms with Gasteiger partial charge in [0.25, 0.3) is 0 Å². The van der Waals surface area contributed by atoms with Crippen molar-refractivity contribution < 1.29 is 8.42 Å². The minimum atomic E-state index is -3.18. The van der Waals surface area contributed by atoms with Gasteiger partial charge in [0.2, 0.25) is 10.0 Å². The molecule has 0 radical (unpaired) electrons. The Bertz CT molecular complexity index is 802. The van der Waals surface area contributed by atoms with Crippen molar-refractivity contribution in [1.82, 2.24) is 24.1 Å². The molecule has 1 aliphatic heterocycles. The molecule has 0 N–H and O–H groups in total. The van der Waals surface area contributed by atoms with Crippen LogP contribution in [0.4, 0.5) is 0 Å². The van der Waals surface area contributed by atoms with E-state index in [4.69, 9.17) is 0 Å². The normalized spacial score (nSPS) is 19.5. The zero-order valence-electron chi connectivity index (χ0n) is 14.1. The quantitative estimate of drug-likeness (QED) is 0.823. The molecule has 1 atom stereocenters. The molecular weight excluding hydrogens is 326 g/mol. The van der Waals surface area contributed by atoms with Gasteiger partial charge in [0.15, 0.2) is 0 Å². The number of aryl methyl sites for hydroxylation is 1. The Kier molecular flexibility index (Phi) is 4.96. The fraction of sp³-hybridized carbons (Fsp3) is 0.562. The van der Waals surface area contributed by atoms with E-state index in [9.17, 15) is 8.42 Å². The summed E-state index contributed by atoms with van der Waals surface area (Å²) in [6.45, 7) is 3.97. The first kappa shape index (κ1) is 17.0. The fourth-order valence-electron chi connectivity index (χ4n) is 3.24. The smallest absolute Gasteiger partial charge is 0.211 e. The predicted octanol–water partition coefficient (Wildman–Crippen LogP) is 1.89. The first-order chi connectivity index (χ1) is 11.5. The van der Waals surface area contributed by atoms with Gasteiger partial charge >= 0.3 is 0 Å². The van der Waals surface area contributed by atoms with E-state index in [0.717, 1.165) is 42.9 Å². The van der Waals surface area contributed by atoms with Gasteiger partial charge in [-0.05, 0) is 25.3 Å². The average Bonchev–Trinajstić information content (AvgIpc) is 3.03. The van der Waals surface area contributed by atoms with Gasteiger partial charge in [0.05, 0.1) is 17.6 Å². The van der Waals surface area contributed by atoms with Gasteiger partial charge in [-0.15, -0.1) is 0 Å². The minimum Gasteiger partial charge on any atom is -0.263 e. The lowest BCUT2D eigenvalue weighted by Gasteiger charge is -2.31. The van der Waals surface area contributed by atoms with Gasteiger partial charge in [-0.2, -0.15) is 5.10 Å². The highest BCUT2D eigenvalue weighted by molar-refractivity contribution is 7.88. The van der Waals surface area contributed by atoms with Crippen LogP contribution in [-0.4, -0.2) is 51.8 Å². The maximum atomic E-state index is 11.9. The third-order valence-corrected chi connectivity index (χ3v) is 5.63. The molecule has 1 unspecified atom stereocenters. The lowest BCUT2D eigenvalue weighted by Crippen LogP contribution is -2.38. The van der Waals surface area contributed by atoms with Crippen LogP contribution in [0.1, 0.15) is 37.8 Å². The first-order valence-electron chi connectivity index (χ1n) is 8.29. The van der Waals surface area contributed by atoms with Gasteiger partial charge in [-0.1, -0.05) is 6.92 Å². The Morgan fingerprint density at radius 3 is 2.79 bits per heavy atom. The first-order valence-corrected chi connectivity index (χ1v) is 10.1. The molecule has 130 valence electrons. The zero-order chi connectivity index (χ0) is 17.2. The Morgan fingerprint density at radius 2 is 2.04 bits per heavy atom. The summed E-state index contributed by atoms with van der Waals surface area (Å²) in [5.74, 6) is 0.0575. The summed E-state index contributed by atoms with van der Waals surface area (Å²) in [4.78, 5) is 9.09. The third-order valence-electron chi connectivity index (χ3n) is 4.36. The van der Waals surface area contributed by atoms with E-state index in [0.29, 0.717) is 13.1 Å². The molecule has 7 nitrogen and oxygen atoms in total. The van der Waals surface area contributed by atoms with Crippen LogP contribution in [0, 0.1) is 0 Å². The fourth-order valence-corrected chi connectivity index (χ4v) is 4.15. The molecule has 1 saturated heterocycles. The summed E-state index contributed by atoms with van der Waals surface area (Å²) in [7, 11) is -3.18. The Balaban J connectivity index is 1.96. The maximum absolute atomic E-state index is 11.9. The molecule has 1 aliphatic rings. The molecule has 1 fully saturated rings. The molecule has 0 bridgehead atoms. The second-order valence-electron chi connectivity index (χ2n) is 6.19. The SMILES string of the molecule is CCCn1nccc1-c1nccnc1C1CCCN(S(C)(=O)=O)C1. The topological polar surface area (TPSA) is 81.0 Å². The third kappa shape index (κ3) is 3.49. The number of sulfonamides is 1. The van der Waals surface area contributed by atoms with Crippen LogP contribution in [0.25, 0.3) is 11.4 Å². The summed E-state index contributed by atoms with van der Waals surface area (Å²) in [5, 5.41) is 4.37. The highest BCUT2D eigenvalue weighted by atomic mass is 32.2. The summed E-state index contributed by atoms with van der Waals surface area (Å²) < 4.78 is 27.3. The van der Waals surface area contributed by atoms with Crippen LogP contribution < -0.4 is 0 Å². The molecule has 2 aromatic rings. The second-order valence-corrected chi connectivity index (χ2v) is 8.17. The van der Waals surface area contributed by atoms with E-state index >= 15 is 0 Å². The molecule has 3 heterocycles. The Morgan fingerprint density at radius 1 is 1.25 bits per heavy atom. The Labute approximate surface area is 142 Å². The van der Waals surface area contributed by atoms with Crippen molar-refractivity contribution in [2.45, 2.75) is 38.6 Å². The highest BCUT2D eigenvalue weighted by Crippen LogP contribution is 2.32. The van der Waals surface area contributed by atoms with Crippen molar-refractivity contribution in [2.75, 3.05) is 19.3 Å². The van der Waals surface area contributed by atoms with E-state index in [1.54, 1.807) is 22.9 Å². The number of aromatic nitrogens is 4. The van der Waals surface area contributed by atoms with Gasteiger partial charge in [-0.3, -0.25) is 14.6 Å². The summed E-state index contributed by atoms with van der Waals surface area (Å²) >= 11 is 0. The van der Waals surface area contributed by atoms with E-state index in [1.165, 1.54) is 6.26 Å². The van der Waals surface area contributed by atoms with Crippen molar-refractivity contribution in [3.05, 3.63) is 30.4 Å². The number of piperidine rings is 1. The monoisotopic (exact) mass is 349 g/mol. The second kappa shape index (κ2) is 6.98. The van der Waals surface area contributed by atoms with E-state index in [-0.39, 0.29) is 5.92 Å². The molecule has 8 heteroatoms. The van der Waals surface area contributed by atoms with Crippen molar-refractivity contribution in [1.29, 1.82) is 0 Å². The van der Waals surface area contributed by atoms with E-state index < -0.39 is 10.0 Å². The highest BCUT2D eigenvalue weighted by Gasteiger charge is 2.30. The van der Waals surface area contributed by atoms with Crippen LogP contribution in [0.15, 0.2) is 24.7 Å². The van der Waals surface area contributed by atoms with E-state index in [2.05, 4.69) is 22.0 Å². The average molecular weight is 349 g/mol. The summed E-state index contributed by atoms with van der Waals surface area (Å²) in [6.07, 6.45) is 9.13. The molecule has 0 spiro atoms. The van der Waals surface area contributed by atoms with Crippen LogP contribution >= 0.6 is 0 Å². The van der Waals surface area contributed by atoms with Gasteiger partial charge in [0, 0.05) is 44.1 Å². The molecule has 3 rings (SSSR count). The maximum Gasteiger partial charge on any atom is 0.211 e. The largest absolute Gasteiger partial charge is 0.263 e. The van der Waals surface area contributed by atoms with Crippen LogP contribution in [0.3, 0.4) is 0 Å². The van der Waals surface area contributed by atoms with Crippen molar-refractivity contribution in [3.8, 4) is 11.4 Å². The van der Waals surface area contributed by atoms with E-state index in [1.807, 2.05) is 10.7 Å². The number of rotatable bonds is 5. The zero-order valence-corrected chi connectivity index (χ0v) is 14.9. The lowest BCUT2D eigenvalue weighted by atomic mass is 9.93. The molecular formula is C16H23N5O2S. The van der Waals surface area contributed by atoms with Gasteiger partial charge in [0.1, 0.15) is 5.69 Å². The van der Waals surface area contributed by atoms with Crippen LogP contribution in [-0.2, 0) is 16.6 Å². The summed E-state index contributed by atoms with van der Waals surface area (Å²) in [5.41, 5.74) is 2.61. The Hall–Kier alpha value is -1.80. The van der Waals surface area contributed by atoms with Gasteiger partial charge < -0.3 is 0 Å². The van der Waals surface area contributed by atoms with Gasteiger partial charge in [-0.25, -0.2) is 12.7 Å². The minimum absolute atomic E-state index is 0.0575. The van der Waals surface area contributed by atoms with Crippen molar-refractivity contribution >= 4 is 10.0 Å². The van der Waals surface area contributed by atoms with Crippen LogP contribution in [0.5, 0.6) is 0 Å². The molecule has 0 amide bonds. The molecule has 0 saturated carbocycles. The number of hydrogen-bond donors (Lipinski definition) is 0. The molecule has 0 aliphatic carbocycles. The molecule has 24 heavy (non-hydrogen) atoms. The lowest BCUT2D eigenvalue weighted by molar-refractivity contribution is 0.314. The predicted molar refractivity (Wildman–Crippen MR) is 91.9 cm³/mol. The number of nitrogens with zero attached hydrogens (tertiary/aromatic N) is 5. The summed E-state index contributed by atoms with van der Waals surface area (Å²) in [6, 6.07) is 1.94. The van der Waals surface area contributed by atoms with Crippen molar-refractivity contribution in [2.24, 2.45) is 0 Å². The number of hydrogen-bond acceptors (Lipinski definition) is 5. The molecule has 0 aromatic carbocycles.